The zero-order valence-corrected chi connectivity index (χ0v) is 10.8. The normalized spacial score (nSPS) is 17.4. The van der Waals surface area contributed by atoms with Crippen LogP contribution in [-0.4, -0.2) is 30.6 Å². The predicted octanol–water partition coefficient (Wildman–Crippen LogP) is 2.26. The van der Waals surface area contributed by atoms with Crippen LogP contribution in [0, 0.1) is 0 Å². The number of methoxy groups -OCH3 is 1. The maximum Gasteiger partial charge on any atom is 0.322 e. The number of carbonyl (C=O) groups excluding carboxylic acids is 1. The summed E-state index contributed by atoms with van der Waals surface area (Å²) < 4.78 is 4.77. The van der Waals surface area contributed by atoms with E-state index < -0.39 is 0 Å². The summed E-state index contributed by atoms with van der Waals surface area (Å²) in [5, 5.41) is 0.776. The highest BCUT2D eigenvalue weighted by Crippen LogP contribution is 2.23. The number of nitrogens with zero attached hydrogens (tertiary/aromatic N) is 1. The second kappa shape index (κ2) is 5.07. The molecule has 0 saturated carbocycles. The first-order valence-electron chi connectivity index (χ1n) is 5.71. The molecule has 2 rings (SSSR count). The van der Waals surface area contributed by atoms with E-state index in [1.54, 1.807) is 0 Å². The van der Waals surface area contributed by atoms with E-state index in [0.717, 1.165) is 24.5 Å². The summed E-state index contributed by atoms with van der Waals surface area (Å²) in [6.07, 6.45) is 0.928. The second-order valence-corrected chi connectivity index (χ2v) is 4.77. The lowest BCUT2D eigenvalue weighted by atomic mass is 9.99. The molecule has 1 heterocycles. The summed E-state index contributed by atoms with van der Waals surface area (Å²) in [7, 11) is 1.43. The highest BCUT2D eigenvalue weighted by Gasteiger charge is 2.25. The summed E-state index contributed by atoms with van der Waals surface area (Å²) >= 11 is 5.96. The van der Waals surface area contributed by atoms with Crippen LogP contribution < -0.4 is 0 Å². The molecule has 1 atom stereocenters. The average molecular weight is 254 g/mol. The van der Waals surface area contributed by atoms with Crippen molar-refractivity contribution in [2.45, 2.75) is 25.9 Å². The third kappa shape index (κ3) is 2.61. The van der Waals surface area contributed by atoms with Crippen LogP contribution in [0.4, 0.5) is 0 Å². The monoisotopic (exact) mass is 253 g/mol. The fraction of sp³-hybridized carbons (Fsp3) is 0.462. The number of esters is 1. The number of hydrogen-bond acceptors (Lipinski definition) is 3. The van der Waals surface area contributed by atoms with Crippen molar-refractivity contribution in [3.8, 4) is 0 Å². The van der Waals surface area contributed by atoms with Crippen LogP contribution in [0.2, 0.25) is 5.02 Å². The first-order chi connectivity index (χ1) is 8.11. The van der Waals surface area contributed by atoms with Gasteiger partial charge in [0, 0.05) is 18.1 Å². The molecule has 17 heavy (non-hydrogen) atoms. The number of halogens is 1. The van der Waals surface area contributed by atoms with Crippen molar-refractivity contribution in [2.24, 2.45) is 0 Å². The summed E-state index contributed by atoms with van der Waals surface area (Å²) in [6, 6.07) is 5.75. The van der Waals surface area contributed by atoms with E-state index in [0.29, 0.717) is 0 Å². The smallest absolute Gasteiger partial charge is 0.322 e. The molecule has 0 aliphatic carbocycles. The molecule has 0 N–H and O–H groups in total. The lowest BCUT2D eigenvalue weighted by Gasteiger charge is -2.32. The molecule has 4 heteroatoms. The maximum atomic E-state index is 11.5. The van der Waals surface area contributed by atoms with Gasteiger partial charge in [-0.05, 0) is 36.6 Å². The van der Waals surface area contributed by atoms with E-state index in [4.69, 9.17) is 16.3 Å². The molecule has 1 aromatic carbocycles. The largest absolute Gasteiger partial charge is 0.468 e. The molecular weight excluding hydrogens is 238 g/mol. The van der Waals surface area contributed by atoms with Crippen molar-refractivity contribution in [2.75, 3.05) is 13.7 Å². The summed E-state index contributed by atoms with van der Waals surface area (Å²) in [4.78, 5) is 13.6. The fourth-order valence-corrected chi connectivity index (χ4v) is 2.39. The van der Waals surface area contributed by atoms with Gasteiger partial charge in [0.15, 0.2) is 0 Å². The van der Waals surface area contributed by atoms with Gasteiger partial charge < -0.3 is 4.74 Å². The minimum atomic E-state index is -0.191. The molecule has 3 nitrogen and oxygen atoms in total. The van der Waals surface area contributed by atoms with E-state index in [9.17, 15) is 4.79 Å². The molecule has 0 radical (unpaired) electrons. The Hall–Kier alpha value is -1.06. The molecule has 0 bridgehead atoms. The third-order valence-corrected chi connectivity index (χ3v) is 3.54. The van der Waals surface area contributed by atoms with Gasteiger partial charge in [-0.1, -0.05) is 17.7 Å². The fourth-order valence-electron chi connectivity index (χ4n) is 2.19. The van der Waals surface area contributed by atoms with Crippen LogP contribution in [0.3, 0.4) is 0 Å². The topological polar surface area (TPSA) is 29.5 Å². The van der Waals surface area contributed by atoms with Gasteiger partial charge in [-0.15, -0.1) is 0 Å². The highest BCUT2D eigenvalue weighted by molar-refractivity contribution is 6.30. The van der Waals surface area contributed by atoms with Crippen molar-refractivity contribution >= 4 is 17.6 Å². The van der Waals surface area contributed by atoms with Crippen LogP contribution in [0.5, 0.6) is 0 Å². The van der Waals surface area contributed by atoms with Gasteiger partial charge in [0.2, 0.25) is 0 Å². The number of ether oxygens (including phenoxy) is 1. The SMILES string of the molecule is COC(=O)C(C)N1CCc2cc(Cl)ccc2C1. The number of hydrogen-bond donors (Lipinski definition) is 0. The van der Waals surface area contributed by atoms with Crippen LogP contribution in [0.15, 0.2) is 18.2 Å². The average Bonchev–Trinajstić information content (AvgIpc) is 2.36. The van der Waals surface area contributed by atoms with Gasteiger partial charge in [0.05, 0.1) is 7.11 Å². The first-order valence-corrected chi connectivity index (χ1v) is 6.09. The van der Waals surface area contributed by atoms with E-state index in [1.807, 2.05) is 25.1 Å². The van der Waals surface area contributed by atoms with Crippen LogP contribution >= 0.6 is 11.6 Å². The Morgan fingerprint density at radius 2 is 2.24 bits per heavy atom. The van der Waals surface area contributed by atoms with E-state index in [1.165, 1.54) is 18.2 Å². The Balaban J connectivity index is 2.13. The minimum Gasteiger partial charge on any atom is -0.468 e. The minimum absolute atomic E-state index is 0.178. The van der Waals surface area contributed by atoms with Gasteiger partial charge in [-0.3, -0.25) is 9.69 Å². The van der Waals surface area contributed by atoms with E-state index in [2.05, 4.69) is 4.90 Å². The summed E-state index contributed by atoms with van der Waals surface area (Å²) in [5.74, 6) is -0.178. The number of carbonyl (C=O) groups is 1. The standard InChI is InChI=1S/C13H16ClNO2/c1-9(13(16)17-2)15-6-5-10-7-12(14)4-3-11(10)8-15/h3-4,7,9H,5-6,8H2,1-2H3. The Morgan fingerprint density at radius 3 is 2.94 bits per heavy atom. The van der Waals surface area contributed by atoms with Crippen molar-refractivity contribution in [3.05, 3.63) is 34.3 Å². The lowest BCUT2D eigenvalue weighted by molar-refractivity contribution is -0.146. The van der Waals surface area contributed by atoms with E-state index >= 15 is 0 Å². The lowest BCUT2D eigenvalue weighted by Crippen LogP contribution is -2.42. The Bertz CT molecular complexity index is 433. The van der Waals surface area contributed by atoms with Gasteiger partial charge >= 0.3 is 5.97 Å². The molecular formula is C13H16ClNO2. The highest BCUT2D eigenvalue weighted by atomic mass is 35.5. The van der Waals surface area contributed by atoms with Crippen molar-refractivity contribution in [3.63, 3.8) is 0 Å². The molecule has 0 spiro atoms. The quantitative estimate of drug-likeness (QED) is 0.758. The zero-order chi connectivity index (χ0) is 12.4. The number of benzene rings is 1. The molecule has 92 valence electrons. The van der Waals surface area contributed by atoms with Gasteiger partial charge in [0.1, 0.15) is 6.04 Å². The van der Waals surface area contributed by atoms with Crippen molar-refractivity contribution in [1.29, 1.82) is 0 Å². The van der Waals surface area contributed by atoms with Crippen LogP contribution in [0.1, 0.15) is 18.1 Å². The van der Waals surface area contributed by atoms with Crippen LogP contribution in [-0.2, 0) is 22.5 Å². The first kappa shape index (κ1) is 12.4. The summed E-state index contributed by atoms with van der Waals surface area (Å²) in [6.45, 7) is 3.53. The molecule has 1 aromatic rings. The van der Waals surface area contributed by atoms with Crippen LogP contribution in [0.25, 0.3) is 0 Å². The van der Waals surface area contributed by atoms with E-state index in [-0.39, 0.29) is 12.0 Å². The van der Waals surface area contributed by atoms with Crippen molar-refractivity contribution < 1.29 is 9.53 Å². The van der Waals surface area contributed by atoms with Crippen molar-refractivity contribution in [1.82, 2.24) is 4.90 Å². The predicted molar refractivity (Wildman–Crippen MR) is 67.0 cm³/mol. The van der Waals surface area contributed by atoms with Gasteiger partial charge in [-0.2, -0.15) is 0 Å². The van der Waals surface area contributed by atoms with Gasteiger partial charge in [0.25, 0.3) is 0 Å². The molecule has 1 aliphatic heterocycles. The molecule has 0 saturated heterocycles. The maximum absolute atomic E-state index is 11.5. The second-order valence-electron chi connectivity index (χ2n) is 4.33. The molecule has 0 amide bonds. The Kier molecular flexibility index (Phi) is 3.69. The molecule has 0 aromatic heterocycles. The molecule has 0 fully saturated rings. The number of rotatable bonds is 2. The zero-order valence-electron chi connectivity index (χ0n) is 10.1. The Morgan fingerprint density at radius 1 is 1.47 bits per heavy atom. The molecule has 1 unspecified atom stereocenters. The molecule has 1 aliphatic rings. The third-order valence-electron chi connectivity index (χ3n) is 3.30. The summed E-state index contributed by atoms with van der Waals surface area (Å²) in [5.41, 5.74) is 2.53. The number of fused-ring (bicyclic) bond motifs is 1. The Labute approximate surface area is 106 Å². The van der Waals surface area contributed by atoms with Gasteiger partial charge in [-0.25, -0.2) is 0 Å².